The van der Waals surface area contributed by atoms with Gasteiger partial charge in [0.15, 0.2) is 0 Å². The van der Waals surface area contributed by atoms with E-state index in [4.69, 9.17) is 4.52 Å². The molecule has 4 aromatic heterocycles. The second-order valence-corrected chi connectivity index (χ2v) is 8.59. The lowest BCUT2D eigenvalue weighted by atomic mass is 10.0. The molecule has 0 saturated heterocycles. The minimum Gasteiger partial charge on any atom is -0.344 e. The topological polar surface area (TPSA) is 93.8 Å². The average Bonchev–Trinajstić information content (AvgIpc) is 3.47. The molecule has 0 aromatic carbocycles. The van der Waals surface area contributed by atoms with E-state index in [0.717, 1.165) is 21.1 Å². The van der Waals surface area contributed by atoms with Gasteiger partial charge in [-0.3, -0.25) is 9.78 Å². The number of amides is 1. The van der Waals surface area contributed by atoms with Crippen LogP contribution in [0.15, 0.2) is 51.9 Å². The van der Waals surface area contributed by atoms with Gasteiger partial charge in [0, 0.05) is 23.3 Å². The number of carbonyl (C=O) groups excluding carboxylic acids is 1. The van der Waals surface area contributed by atoms with E-state index in [1.807, 2.05) is 48.9 Å². The van der Waals surface area contributed by atoms with Crippen molar-refractivity contribution in [3.63, 3.8) is 0 Å². The summed E-state index contributed by atoms with van der Waals surface area (Å²) in [6.45, 7) is 3.99. The number of rotatable bonds is 7. The number of nitrogens with zero attached hydrogens (tertiary/aromatic N) is 4. The average molecular weight is 426 g/mol. The highest BCUT2D eigenvalue weighted by Gasteiger charge is 2.25. The van der Waals surface area contributed by atoms with Gasteiger partial charge in [0.25, 0.3) is 0 Å². The standard InChI is InChI=1S/C20H19N5O2S2/c1-12(2)17(19-24-18(25-27-19)13-5-3-7-21-10-13)23-16(26)9-14-11-29-20(22-14)15-6-4-8-28-15/h3-8,10-12,17H,9H2,1-2H3,(H,23,26). The first kappa shape index (κ1) is 19.4. The first-order valence-electron chi connectivity index (χ1n) is 9.12. The monoisotopic (exact) mass is 425 g/mol. The second kappa shape index (κ2) is 8.62. The van der Waals surface area contributed by atoms with Gasteiger partial charge in [-0.25, -0.2) is 4.98 Å². The molecule has 0 aliphatic heterocycles. The van der Waals surface area contributed by atoms with Crippen LogP contribution < -0.4 is 5.32 Å². The Kier molecular flexibility index (Phi) is 5.77. The third-order valence-corrected chi connectivity index (χ3v) is 6.17. The fourth-order valence-electron chi connectivity index (χ4n) is 2.78. The van der Waals surface area contributed by atoms with Crippen molar-refractivity contribution >= 4 is 28.6 Å². The van der Waals surface area contributed by atoms with Crippen molar-refractivity contribution < 1.29 is 9.32 Å². The predicted octanol–water partition coefficient (Wildman–Crippen LogP) is 4.37. The minimum absolute atomic E-state index is 0.0817. The zero-order valence-corrected chi connectivity index (χ0v) is 17.5. The van der Waals surface area contributed by atoms with Crippen LogP contribution in [0.1, 0.15) is 31.5 Å². The van der Waals surface area contributed by atoms with Crippen molar-refractivity contribution in [2.24, 2.45) is 5.92 Å². The quantitative estimate of drug-likeness (QED) is 0.472. The molecule has 7 nitrogen and oxygen atoms in total. The third kappa shape index (κ3) is 4.57. The van der Waals surface area contributed by atoms with Crippen LogP contribution in [0.4, 0.5) is 0 Å². The van der Waals surface area contributed by atoms with Crippen LogP contribution in [0, 0.1) is 5.92 Å². The number of pyridine rings is 1. The van der Waals surface area contributed by atoms with Gasteiger partial charge in [0.05, 0.1) is 17.0 Å². The lowest BCUT2D eigenvalue weighted by Gasteiger charge is -2.18. The molecule has 0 aliphatic rings. The van der Waals surface area contributed by atoms with E-state index in [1.165, 1.54) is 0 Å². The molecule has 29 heavy (non-hydrogen) atoms. The Bertz CT molecular complexity index is 1070. The summed E-state index contributed by atoms with van der Waals surface area (Å²) in [5, 5.41) is 11.9. The molecule has 148 valence electrons. The van der Waals surface area contributed by atoms with Crippen LogP contribution in [-0.2, 0) is 11.2 Å². The van der Waals surface area contributed by atoms with Gasteiger partial charge < -0.3 is 9.84 Å². The van der Waals surface area contributed by atoms with Gasteiger partial charge in [0.1, 0.15) is 11.0 Å². The van der Waals surface area contributed by atoms with E-state index >= 15 is 0 Å². The Hall–Kier alpha value is -2.91. The summed E-state index contributed by atoms with van der Waals surface area (Å²) in [6.07, 6.45) is 3.56. The van der Waals surface area contributed by atoms with Gasteiger partial charge >= 0.3 is 0 Å². The molecular weight excluding hydrogens is 406 g/mol. The summed E-state index contributed by atoms with van der Waals surface area (Å²) in [6, 6.07) is 7.31. The molecule has 1 atom stereocenters. The second-order valence-electron chi connectivity index (χ2n) is 6.79. The van der Waals surface area contributed by atoms with Crippen molar-refractivity contribution in [2.45, 2.75) is 26.3 Å². The van der Waals surface area contributed by atoms with E-state index in [2.05, 4.69) is 25.4 Å². The largest absolute Gasteiger partial charge is 0.344 e. The number of hydrogen-bond acceptors (Lipinski definition) is 8. The van der Waals surface area contributed by atoms with Gasteiger partial charge in [-0.1, -0.05) is 25.1 Å². The smallest absolute Gasteiger partial charge is 0.249 e. The van der Waals surface area contributed by atoms with Crippen molar-refractivity contribution in [1.82, 2.24) is 25.4 Å². The molecule has 4 aromatic rings. The lowest BCUT2D eigenvalue weighted by molar-refractivity contribution is -0.121. The van der Waals surface area contributed by atoms with Gasteiger partial charge in [-0.05, 0) is 29.5 Å². The summed E-state index contributed by atoms with van der Waals surface area (Å²) in [4.78, 5) is 26.8. The van der Waals surface area contributed by atoms with Crippen LogP contribution >= 0.6 is 22.7 Å². The molecule has 0 aliphatic carbocycles. The maximum absolute atomic E-state index is 12.6. The molecule has 0 fully saturated rings. The Morgan fingerprint density at radius 3 is 2.83 bits per heavy atom. The minimum atomic E-state index is -0.379. The highest BCUT2D eigenvalue weighted by atomic mass is 32.1. The molecule has 0 spiro atoms. The highest BCUT2D eigenvalue weighted by Crippen LogP contribution is 2.28. The first-order chi connectivity index (χ1) is 14.1. The number of hydrogen-bond donors (Lipinski definition) is 1. The number of aromatic nitrogens is 4. The molecule has 4 heterocycles. The number of carbonyl (C=O) groups is 1. The zero-order chi connectivity index (χ0) is 20.2. The maximum Gasteiger partial charge on any atom is 0.249 e. The molecule has 1 amide bonds. The number of nitrogens with one attached hydrogen (secondary N) is 1. The molecule has 0 saturated carbocycles. The van der Waals surface area contributed by atoms with E-state index in [-0.39, 0.29) is 24.3 Å². The summed E-state index contributed by atoms with van der Waals surface area (Å²) in [5.74, 6) is 0.781. The van der Waals surface area contributed by atoms with Crippen LogP contribution in [0.5, 0.6) is 0 Å². The fourth-order valence-corrected chi connectivity index (χ4v) is 4.41. The van der Waals surface area contributed by atoms with Crippen LogP contribution in [0.3, 0.4) is 0 Å². The zero-order valence-electron chi connectivity index (χ0n) is 15.9. The maximum atomic E-state index is 12.6. The molecule has 0 bridgehead atoms. The van der Waals surface area contributed by atoms with E-state index in [0.29, 0.717) is 11.7 Å². The number of thiophene rings is 1. The van der Waals surface area contributed by atoms with Gasteiger partial charge in [0.2, 0.25) is 17.6 Å². The van der Waals surface area contributed by atoms with E-state index in [1.54, 1.807) is 35.1 Å². The molecule has 0 radical (unpaired) electrons. The summed E-state index contributed by atoms with van der Waals surface area (Å²) in [7, 11) is 0. The summed E-state index contributed by atoms with van der Waals surface area (Å²) >= 11 is 3.18. The van der Waals surface area contributed by atoms with Crippen molar-refractivity contribution in [1.29, 1.82) is 0 Å². The SMILES string of the molecule is CC(C)C(NC(=O)Cc1csc(-c2cccs2)n1)c1nc(-c2cccnc2)no1. The highest BCUT2D eigenvalue weighted by molar-refractivity contribution is 7.20. The Balaban J connectivity index is 1.45. The van der Waals surface area contributed by atoms with Gasteiger partial charge in [-0.15, -0.1) is 22.7 Å². The van der Waals surface area contributed by atoms with Crippen molar-refractivity contribution in [3.8, 4) is 21.3 Å². The lowest BCUT2D eigenvalue weighted by Crippen LogP contribution is -2.33. The summed E-state index contributed by atoms with van der Waals surface area (Å²) < 4.78 is 5.43. The van der Waals surface area contributed by atoms with Crippen molar-refractivity contribution in [3.05, 3.63) is 59.0 Å². The molecule has 1 N–H and O–H groups in total. The van der Waals surface area contributed by atoms with Crippen molar-refractivity contribution in [2.75, 3.05) is 0 Å². The Morgan fingerprint density at radius 1 is 1.21 bits per heavy atom. The first-order valence-corrected chi connectivity index (χ1v) is 10.9. The Morgan fingerprint density at radius 2 is 2.10 bits per heavy atom. The normalized spacial score (nSPS) is 12.2. The molecule has 4 rings (SSSR count). The predicted molar refractivity (Wildman–Crippen MR) is 112 cm³/mol. The molecule has 9 heteroatoms. The Labute approximate surface area is 175 Å². The van der Waals surface area contributed by atoms with Crippen LogP contribution in [-0.4, -0.2) is 26.0 Å². The summed E-state index contributed by atoms with van der Waals surface area (Å²) in [5.41, 5.74) is 1.51. The molecule has 1 unspecified atom stereocenters. The van der Waals surface area contributed by atoms with Crippen LogP contribution in [0.25, 0.3) is 21.3 Å². The fraction of sp³-hybridized carbons (Fsp3) is 0.250. The van der Waals surface area contributed by atoms with Gasteiger partial charge in [-0.2, -0.15) is 4.98 Å². The number of thiazole rings is 1. The van der Waals surface area contributed by atoms with Crippen LogP contribution in [0.2, 0.25) is 0 Å². The third-order valence-electron chi connectivity index (χ3n) is 4.24. The van der Waals surface area contributed by atoms with E-state index < -0.39 is 0 Å². The molecular formula is C20H19N5O2S2. The van der Waals surface area contributed by atoms with E-state index in [9.17, 15) is 4.79 Å².